The molecule has 0 aliphatic carbocycles. The minimum absolute atomic E-state index is 0.430. The Morgan fingerprint density at radius 1 is 0.786 bits per heavy atom. The predicted octanol–water partition coefficient (Wildman–Crippen LogP) is 1.90. The van der Waals surface area contributed by atoms with Crippen LogP contribution in [0.15, 0.2) is 0 Å². The summed E-state index contributed by atoms with van der Waals surface area (Å²) in [5.74, 6) is 0. The summed E-state index contributed by atoms with van der Waals surface area (Å²) in [5, 5.41) is 0. The van der Waals surface area contributed by atoms with E-state index in [0.29, 0.717) is 11.1 Å². The van der Waals surface area contributed by atoms with E-state index in [-0.39, 0.29) is 0 Å². The topological polar surface area (TPSA) is 6.48 Å². The first kappa shape index (κ1) is 13.1. The van der Waals surface area contributed by atoms with Gasteiger partial charge in [-0.25, -0.2) is 0 Å². The molecular weight excluding hydrogens is 383 g/mol. The van der Waals surface area contributed by atoms with E-state index in [1.165, 1.54) is 0 Å². The number of hydrogen-bond acceptors (Lipinski definition) is 2. The van der Waals surface area contributed by atoms with E-state index in [2.05, 4.69) is 59.4 Å². The minimum atomic E-state index is -1.21. The van der Waals surface area contributed by atoms with Crippen molar-refractivity contribution in [1.82, 2.24) is 4.75 Å². The van der Waals surface area contributed by atoms with Crippen LogP contribution in [0.25, 0.3) is 0 Å². The third kappa shape index (κ3) is 2.25. The molecule has 0 radical (unpaired) electrons. The SMILES string of the molecule is CC(C)(C)[N]1[PbH2][N](C(C)(C)C)[Si]1(C)C. The first-order valence-electron chi connectivity index (χ1n) is 5.53. The molecule has 1 heterocycles. The molecule has 0 bridgehead atoms. The summed E-state index contributed by atoms with van der Waals surface area (Å²) in [4.78, 5) is 0. The van der Waals surface area contributed by atoms with Gasteiger partial charge in [0.15, 0.2) is 0 Å². The van der Waals surface area contributed by atoms with Gasteiger partial charge in [-0.1, -0.05) is 0 Å². The molecule has 0 saturated carbocycles. The van der Waals surface area contributed by atoms with E-state index in [1.807, 2.05) is 0 Å². The molecule has 0 atom stereocenters. The third-order valence-corrected chi connectivity index (χ3v) is 37.3. The van der Waals surface area contributed by atoms with Gasteiger partial charge in [-0.2, -0.15) is 0 Å². The Morgan fingerprint density at radius 2 is 1.07 bits per heavy atom. The standard InChI is InChI=1S/C10H24N2Si.Pb.2H/c1-9(2,3)11-13(7,8)12-10(4,5)6;;;/h1-8H3;;;/q-2;+2;;. The van der Waals surface area contributed by atoms with Crippen molar-refractivity contribution in [2.45, 2.75) is 65.7 Å². The summed E-state index contributed by atoms with van der Waals surface area (Å²) in [5.41, 5.74) is 0.859. The van der Waals surface area contributed by atoms with E-state index in [4.69, 9.17) is 0 Å². The molecule has 0 aromatic heterocycles. The van der Waals surface area contributed by atoms with Crippen LogP contribution < -0.4 is 0 Å². The van der Waals surface area contributed by atoms with Crippen molar-refractivity contribution in [3.63, 3.8) is 0 Å². The molecule has 1 saturated heterocycles. The summed E-state index contributed by atoms with van der Waals surface area (Å²) in [7, 11) is -1.21. The molecule has 0 aromatic rings. The van der Waals surface area contributed by atoms with Crippen molar-refractivity contribution in [1.29, 1.82) is 0 Å². The zero-order chi connectivity index (χ0) is 11.4. The van der Waals surface area contributed by atoms with Crippen molar-refractivity contribution in [3.8, 4) is 0 Å². The molecule has 0 spiro atoms. The molecule has 84 valence electrons. The molecule has 2 nitrogen and oxygen atoms in total. The van der Waals surface area contributed by atoms with E-state index < -0.39 is 33.2 Å². The Balaban J connectivity index is 2.79. The van der Waals surface area contributed by atoms with Crippen molar-refractivity contribution in [2.24, 2.45) is 0 Å². The Kier molecular flexibility index (Phi) is 3.31. The molecule has 1 fully saturated rings. The van der Waals surface area contributed by atoms with Crippen LogP contribution in [0.5, 0.6) is 0 Å². The maximum atomic E-state index is 2.91. The number of hydrogen-bond donors (Lipinski definition) is 0. The predicted molar refractivity (Wildman–Crippen MR) is 69.2 cm³/mol. The fraction of sp³-hybridized carbons (Fsp3) is 1.00. The average Bonchev–Trinajstić information content (AvgIpc) is 1.77. The van der Waals surface area contributed by atoms with Gasteiger partial charge in [-0.05, 0) is 0 Å². The number of nitrogens with zero attached hydrogens (tertiary/aromatic N) is 2. The van der Waals surface area contributed by atoms with E-state index in [9.17, 15) is 0 Å². The normalized spacial score (nSPS) is 24.9. The molecule has 1 aliphatic rings. The zero-order valence-corrected chi connectivity index (χ0v) is 17.6. The fourth-order valence-electron chi connectivity index (χ4n) is 2.62. The molecule has 1 aliphatic heterocycles. The summed E-state index contributed by atoms with van der Waals surface area (Å²) >= 11 is -0.929. The van der Waals surface area contributed by atoms with Crippen molar-refractivity contribution in [3.05, 3.63) is 0 Å². The second kappa shape index (κ2) is 3.53. The maximum absolute atomic E-state index is 2.91. The van der Waals surface area contributed by atoms with Gasteiger partial charge in [-0.15, -0.1) is 0 Å². The van der Waals surface area contributed by atoms with Crippen LogP contribution in [0.4, 0.5) is 0 Å². The summed E-state index contributed by atoms with van der Waals surface area (Å²) in [6.45, 7) is 19.3. The fourth-order valence-corrected chi connectivity index (χ4v) is 22.1. The van der Waals surface area contributed by atoms with Crippen LogP contribution in [0.3, 0.4) is 0 Å². The van der Waals surface area contributed by atoms with Gasteiger partial charge in [0.1, 0.15) is 0 Å². The van der Waals surface area contributed by atoms with Gasteiger partial charge in [0, 0.05) is 0 Å². The van der Waals surface area contributed by atoms with Crippen LogP contribution in [0.1, 0.15) is 41.5 Å². The molecule has 0 amide bonds. The quantitative estimate of drug-likeness (QED) is 0.564. The van der Waals surface area contributed by atoms with Crippen molar-refractivity contribution < 1.29 is 0 Å². The molecule has 0 aromatic carbocycles. The van der Waals surface area contributed by atoms with Gasteiger partial charge >= 0.3 is 104 Å². The monoisotopic (exact) mass is 410 g/mol. The van der Waals surface area contributed by atoms with Gasteiger partial charge in [0.05, 0.1) is 0 Å². The van der Waals surface area contributed by atoms with E-state index >= 15 is 0 Å². The summed E-state index contributed by atoms with van der Waals surface area (Å²) in [6.07, 6.45) is 0. The molecule has 4 heteroatoms. The van der Waals surface area contributed by atoms with E-state index in [1.54, 1.807) is 0 Å². The molecule has 0 unspecified atom stereocenters. The van der Waals surface area contributed by atoms with Crippen LogP contribution in [-0.2, 0) is 0 Å². The van der Waals surface area contributed by atoms with Crippen LogP contribution in [0, 0.1) is 0 Å². The van der Waals surface area contributed by atoms with E-state index in [0.717, 1.165) is 0 Å². The first-order chi connectivity index (χ1) is 5.97. The number of rotatable bonds is 0. The second-order valence-corrected chi connectivity index (χ2v) is 21.8. The molecule has 1 rings (SSSR count). The Morgan fingerprint density at radius 3 is 1.21 bits per heavy atom. The summed E-state index contributed by atoms with van der Waals surface area (Å²) < 4.78 is 5.82. The van der Waals surface area contributed by atoms with Crippen LogP contribution in [0.2, 0.25) is 13.1 Å². The average molecular weight is 410 g/mol. The van der Waals surface area contributed by atoms with Crippen LogP contribution >= 0.6 is 0 Å². The van der Waals surface area contributed by atoms with Gasteiger partial charge < -0.3 is 0 Å². The molecular formula is C10H26N2PbSi. The molecule has 14 heavy (non-hydrogen) atoms. The van der Waals surface area contributed by atoms with Crippen molar-refractivity contribution >= 4 is 33.2 Å². The van der Waals surface area contributed by atoms with Crippen molar-refractivity contribution in [2.75, 3.05) is 0 Å². The third-order valence-electron chi connectivity index (χ3n) is 3.22. The Labute approximate surface area is 103 Å². The van der Waals surface area contributed by atoms with Gasteiger partial charge in [0.25, 0.3) is 0 Å². The molecule has 0 N–H and O–H groups in total. The Bertz CT molecular complexity index is 205. The summed E-state index contributed by atoms with van der Waals surface area (Å²) in [6, 6.07) is 0. The Hall–Kier alpha value is 1.06. The second-order valence-electron chi connectivity index (χ2n) is 6.83. The van der Waals surface area contributed by atoms with Crippen LogP contribution in [-0.4, -0.2) is 49.1 Å². The van der Waals surface area contributed by atoms with Gasteiger partial charge in [-0.3, -0.25) is 0 Å². The van der Waals surface area contributed by atoms with Gasteiger partial charge in [0.2, 0.25) is 0 Å². The first-order valence-corrected chi connectivity index (χ1v) is 13.3. The zero-order valence-electron chi connectivity index (χ0n) is 11.1.